The van der Waals surface area contributed by atoms with E-state index >= 15 is 0 Å². The zero-order valence-electron chi connectivity index (χ0n) is 12.7. The van der Waals surface area contributed by atoms with Crippen LogP contribution in [-0.2, 0) is 4.74 Å². The van der Waals surface area contributed by atoms with Gasteiger partial charge in [-0.2, -0.15) is 0 Å². The highest BCUT2D eigenvalue weighted by atomic mass is 19.1. The van der Waals surface area contributed by atoms with Crippen LogP contribution < -0.4 is 5.32 Å². The SMILES string of the molecule is O=C(NCC1(O)CCOCC1)c1ccc(-n2cccc2)c(F)c1. The summed E-state index contributed by atoms with van der Waals surface area (Å²) in [6.07, 6.45) is 4.43. The van der Waals surface area contributed by atoms with Crippen LogP contribution in [0.15, 0.2) is 42.7 Å². The van der Waals surface area contributed by atoms with Gasteiger partial charge in [0.15, 0.2) is 0 Å². The summed E-state index contributed by atoms with van der Waals surface area (Å²) in [5, 5.41) is 13.0. The number of nitrogens with one attached hydrogen (secondary N) is 1. The number of halogens is 1. The highest BCUT2D eigenvalue weighted by molar-refractivity contribution is 5.94. The average Bonchev–Trinajstić information content (AvgIpc) is 3.07. The molecule has 23 heavy (non-hydrogen) atoms. The standard InChI is InChI=1S/C17H19FN2O3/c18-14-11-13(3-4-15(14)20-7-1-2-8-20)16(21)19-12-17(22)5-9-23-10-6-17/h1-4,7-8,11,22H,5-6,9-10,12H2,(H,19,21). The molecule has 0 atom stereocenters. The molecule has 2 aromatic rings. The Morgan fingerprint density at radius 3 is 2.65 bits per heavy atom. The van der Waals surface area contributed by atoms with Gasteiger partial charge in [0.05, 0.1) is 11.3 Å². The van der Waals surface area contributed by atoms with Gasteiger partial charge in [0, 0.05) is 50.6 Å². The minimum atomic E-state index is -0.947. The van der Waals surface area contributed by atoms with Crippen molar-refractivity contribution in [1.29, 1.82) is 0 Å². The average molecular weight is 318 g/mol. The van der Waals surface area contributed by atoms with Gasteiger partial charge in [-0.1, -0.05) is 0 Å². The molecule has 2 heterocycles. The molecule has 1 aliphatic rings. The molecule has 3 rings (SSSR count). The van der Waals surface area contributed by atoms with Crippen molar-refractivity contribution in [3.63, 3.8) is 0 Å². The molecule has 5 nitrogen and oxygen atoms in total. The molecule has 0 saturated carbocycles. The predicted octanol–water partition coefficient (Wildman–Crippen LogP) is 1.89. The van der Waals surface area contributed by atoms with Crippen molar-refractivity contribution in [3.8, 4) is 5.69 Å². The second-order valence-corrected chi connectivity index (χ2v) is 5.78. The molecule has 1 aromatic carbocycles. The van der Waals surface area contributed by atoms with E-state index in [4.69, 9.17) is 4.74 Å². The zero-order valence-corrected chi connectivity index (χ0v) is 12.7. The topological polar surface area (TPSA) is 63.5 Å². The maximum Gasteiger partial charge on any atom is 0.251 e. The minimum Gasteiger partial charge on any atom is -0.388 e. The number of nitrogens with zero attached hydrogens (tertiary/aromatic N) is 1. The number of amides is 1. The molecule has 0 spiro atoms. The van der Waals surface area contributed by atoms with Crippen LogP contribution in [0.5, 0.6) is 0 Å². The van der Waals surface area contributed by atoms with E-state index in [1.807, 2.05) is 0 Å². The van der Waals surface area contributed by atoms with Gasteiger partial charge >= 0.3 is 0 Å². The van der Waals surface area contributed by atoms with Crippen molar-refractivity contribution in [2.24, 2.45) is 0 Å². The highest BCUT2D eigenvalue weighted by Gasteiger charge is 2.30. The van der Waals surface area contributed by atoms with E-state index < -0.39 is 17.3 Å². The Hall–Kier alpha value is -2.18. The molecule has 1 aliphatic heterocycles. The van der Waals surface area contributed by atoms with Gasteiger partial charge in [0.1, 0.15) is 5.82 Å². The van der Waals surface area contributed by atoms with Crippen molar-refractivity contribution >= 4 is 5.91 Å². The first kappa shape index (κ1) is 15.7. The van der Waals surface area contributed by atoms with Crippen LogP contribution >= 0.6 is 0 Å². The monoisotopic (exact) mass is 318 g/mol. The van der Waals surface area contributed by atoms with Crippen molar-refractivity contribution < 1.29 is 19.0 Å². The quantitative estimate of drug-likeness (QED) is 0.905. The molecule has 1 saturated heterocycles. The molecule has 2 N–H and O–H groups in total. The molecule has 0 bridgehead atoms. The Morgan fingerprint density at radius 2 is 2.00 bits per heavy atom. The number of aliphatic hydroxyl groups is 1. The smallest absolute Gasteiger partial charge is 0.251 e. The van der Waals surface area contributed by atoms with Crippen LogP contribution in [0.2, 0.25) is 0 Å². The van der Waals surface area contributed by atoms with E-state index in [9.17, 15) is 14.3 Å². The molecule has 6 heteroatoms. The molecule has 1 aromatic heterocycles. The minimum absolute atomic E-state index is 0.135. The van der Waals surface area contributed by atoms with Gasteiger partial charge in [-0.15, -0.1) is 0 Å². The molecule has 1 fully saturated rings. The van der Waals surface area contributed by atoms with E-state index in [-0.39, 0.29) is 12.1 Å². The summed E-state index contributed by atoms with van der Waals surface area (Å²) in [5.41, 5.74) is -0.332. The van der Waals surface area contributed by atoms with Crippen LogP contribution in [-0.4, -0.2) is 40.9 Å². The second-order valence-electron chi connectivity index (χ2n) is 5.78. The van der Waals surface area contributed by atoms with Crippen LogP contribution in [0, 0.1) is 5.82 Å². The maximum atomic E-state index is 14.2. The Bertz CT molecular complexity index is 679. The number of benzene rings is 1. The third-order valence-electron chi connectivity index (χ3n) is 4.09. The number of carbonyl (C=O) groups excluding carboxylic acids is 1. The molecule has 0 aliphatic carbocycles. The second kappa shape index (κ2) is 6.52. The summed E-state index contributed by atoms with van der Waals surface area (Å²) in [5.74, 6) is -0.874. The van der Waals surface area contributed by atoms with Gasteiger partial charge in [-0.3, -0.25) is 4.79 Å². The van der Waals surface area contributed by atoms with Crippen molar-refractivity contribution in [3.05, 3.63) is 54.1 Å². The third-order valence-corrected chi connectivity index (χ3v) is 4.09. The lowest BCUT2D eigenvalue weighted by Gasteiger charge is -2.32. The lowest BCUT2D eigenvalue weighted by Crippen LogP contribution is -2.46. The van der Waals surface area contributed by atoms with Crippen molar-refractivity contribution in [1.82, 2.24) is 9.88 Å². The van der Waals surface area contributed by atoms with E-state index in [1.54, 1.807) is 41.2 Å². The molecule has 122 valence electrons. The Balaban J connectivity index is 1.67. The van der Waals surface area contributed by atoms with Crippen LogP contribution in [0.1, 0.15) is 23.2 Å². The maximum absolute atomic E-state index is 14.2. The van der Waals surface area contributed by atoms with Gasteiger partial charge < -0.3 is 19.7 Å². The molecular weight excluding hydrogens is 299 g/mol. The van der Waals surface area contributed by atoms with Gasteiger partial charge in [-0.05, 0) is 30.3 Å². The first-order chi connectivity index (χ1) is 11.1. The first-order valence-electron chi connectivity index (χ1n) is 7.59. The van der Waals surface area contributed by atoms with Crippen LogP contribution in [0.4, 0.5) is 4.39 Å². The fraction of sp³-hybridized carbons (Fsp3) is 0.353. The van der Waals surface area contributed by atoms with Crippen LogP contribution in [0.3, 0.4) is 0 Å². The number of ether oxygens (including phenoxy) is 1. The van der Waals surface area contributed by atoms with Crippen molar-refractivity contribution in [2.45, 2.75) is 18.4 Å². The highest BCUT2D eigenvalue weighted by Crippen LogP contribution is 2.20. The lowest BCUT2D eigenvalue weighted by molar-refractivity contribution is -0.0605. The number of hydrogen-bond acceptors (Lipinski definition) is 3. The Kier molecular flexibility index (Phi) is 4.45. The summed E-state index contributed by atoms with van der Waals surface area (Å²) in [6.45, 7) is 1.09. The number of aromatic nitrogens is 1. The Labute approximate surface area is 133 Å². The Morgan fingerprint density at radius 1 is 1.30 bits per heavy atom. The van der Waals surface area contributed by atoms with Crippen LogP contribution in [0.25, 0.3) is 5.69 Å². The number of hydrogen-bond donors (Lipinski definition) is 2. The first-order valence-corrected chi connectivity index (χ1v) is 7.59. The van der Waals surface area contributed by atoms with E-state index in [0.717, 1.165) is 0 Å². The fourth-order valence-electron chi connectivity index (χ4n) is 2.63. The lowest BCUT2D eigenvalue weighted by atomic mass is 9.94. The molecular formula is C17H19FN2O3. The number of rotatable bonds is 4. The van der Waals surface area contributed by atoms with Gasteiger partial charge in [0.25, 0.3) is 5.91 Å². The summed E-state index contributed by atoms with van der Waals surface area (Å²) in [7, 11) is 0. The predicted molar refractivity (Wildman–Crippen MR) is 83.1 cm³/mol. The fourth-order valence-corrected chi connectivity index (χ4v) is 2.63. The summed E-state index contributed by atoms with van der Waals surface area (Å²) in [4.78, 5) is 12.2. The summed E-state index contributed by atoms with van der Waals surface area (Å²) in [6, 6.07) is 7.94. The largest absolute Gasteiger partial charge is 0.388 e. The zero-order chi connectivity index (χ0) is 16.3. The normalized spacial score (nSPS) is 17.0. The molecule has 1 amide bonds. The molecule has 0 radical (unpaired) electrons. The van der Waals surface area contributed by atoms with Gasteiger partial charge in [0.2, 0.25) is 0 Å². The van der Waals surface area contributed by atoms with E-state index in [0.29, 0.717) is 31.7 Å². The number of carbonyl (C=O) groups is 1. The van der Waals surface area contributed by atoms with E-state index in [2.05, 4.69) is 5.32 Å². The molecule has 0 unspecified atom stereocenters. The third kappa shape index (κ3) is 3.60. The van der Waals surface area contributed by atoms with Gasteiger partial charge in [-0.25, -0.2) is 4.39 Å². The van der Waals surface area contributed by atoms with Crippen molar-refractivity contribution in [2.75, 3.05) is 19.8 Å². The summed E-state index contributed by atoms with van der Waals surface area (Å²) < 4.78 is 21.0. The van der Waals surface area contributed by atoms with E-state index in [1.165, 1.54) is 6.07 Å². The summed E-state index contributed by atoms with van der Waals surface area (Å²) >= 11 is 0.